The van der Waals surface area contributed by atoms with Crippen molar-refractivity contribution in [3.63, 3.8) is 0 Å². The van der Waals surface area contributed by atoms with Gasteiger partial charge in [-0.1, -0.05) is 0 Å². The van der Waals surface area contributed by atoms with Crippen molar-refractivity contribution in [2.75, 3.05) is 12.4 Å². The molecular weight excluding hydrogens is 398 g/mol. The van der Waals surface area contributed by atoms with Crippen LogP contribution in [-0.4, -0.2) is 36.9 Å². The number of benzene rings is 2. The van der Waals surface area contributed by atoms with E-state index in [0.717, 1.165) is 12.1 Å². The first-order chi connectivity index (χ1) is 13.7. The second-order valence-corrected chi connectivity index (χ2v) is 7.80. The summed E-state index contributed by atoms with van der Waals surface area (Å²) in [6.07, 6.45) is -4.42. The third kappa shape index (κ3) is 5.76. The highest BCUT2D eigenvalue weighted by molar-refractivity contribution is 6.50. The lowest BCUT2D eigenvalue weighted by Gasteiger charge is -2.37. The third-order valence-corrected chi connectivity index (χ3v) is 4.92. The summed E-state index contributed by atoms with van der Waals surface area (Å²) in [7, 11) is 2.64. The lowest BCUT2D eigenvalue weighted by molar-refractivity contribution is -0.137. The van der Waals surface area contributed by atoms with Crippen LogP contribution in [-0.2, 0) is 15.6 Å². The Morgan fingerprint density at radius 3 is 2.13 bits per heavy atom. The first-order valence-corrected chi connectivity index (χ1v) is 9.14. The van der Waals surface area contributed by atoms with Crippen molar-refractivity contribution in [2.45, 2.75) is 45.1 Å². The number of halogens is 3. The molecule has 0 spiro atoms. The van der Waals surface area contributed by atoms with Gasteiger partial charge in [0.15, 0.2) is 0 Å². The third-order valence-electron chi connectivity index (χ3n) is 4.92. The van der Waals surface area contributed by atoms with E-state index in [1.807, 2.05) is 0 Å². The lowest BCUT2D eigenvalue weighted by Crippen LogP contribution is -2.49. The summed E-state index contributed by atoms with van der Waals surface area (Å²) in [5.74, 6) is -0.549. The molecule has 0 bridgehead atoms. The monoisotopic (exact) mass is 422 g/mol. The van der Waals surface area contributed by atoms with Crippen molar-refractivity contribution in [3.05, 3.63) is 53.6 Å². The Balaban J connectivity index is 2.33. The topological polar surface area (TPSA) is 67.8 Å². The van der Waals surface area contributed by atoms with Crippen LogP contribution in [0.25, 0.3) is 0 Å². The number of carbonyl (C=O) groups excluding carboxylic acids is 1. The van der Waals surface area contributed by atoms with E-state index in [4.69, 9.17) is 9.39 Å². The number of hydrogen-bond acceptors (Lipinski definition) is 5. The zero-order chi connectivity index (χ0) is 22.7. The Labute approximate surface area is 174 Å². The molecule has 30 heavy (non-hydrogen) atoms. The molecule has 1 radical (unpaired) electrons. The first kappa shape index (κ1) is 23.8. The minimum atomic E-state index is -4.42. The van der Waals surface area contributed by atoms with Crippen LogP contribution in [0.5, 0.6) is 0 Å². The molecule has 9 heteroatoms. The molecule has 0 aliphatic heterocycles. The predicted octanol–water partition coefficient (Wildman–Crippen LogP) is 4.05. The molecule has 0 amide bonds. The van der Waals surface area contributed by atoms with E-state index >= 15 is 0 Å². The van der Waals surface area contributed by atoms with Gasteiger partial charge in [-0.05, 0) is 75.6 Å². The van der Waals surface area contributed by atoms with Gasteiger partial charge < -0.3 is 19.8 Å². The van der Waals surface area contributed by atoms with Gasteiger partial charge in [-0.3, -0.25) is 0 Å². The van der Waals surface area contributed by atoms with E-state index in [1.54, 1.807) is 33.8 Å². The molecule has 2 aromatic carbocycles. The highest BCUT2D eigenvalue weighted by Crippen LogP contribution is 2.30. The Bertz CT molecular complexity index is 891. The Kier molecular flexibility index (Phi) is 6.88. The van der Waals surface area contributed by atoms with E-state index in [9.17, 15) is 23.1 Å². The van der Waals surface area contributed by atoms with Gasteiger partial charge in [0.25, 0.3) is 0 Å². The van der Waals surface area contributed by atoms with E-state index in [2.05, 4.69) is 5.32 Å². The molecule has 0 heterocycles. The van der Waals surface area contributed by atoms with Crippen LogP contribution < -0.4 is 10.8 Å². The molecule has 0 saturated carbocycles. The van der Waals surface area contributed by atoms with Gasteiger partial charge in [-0.15, -0.1) is 0 Å². The number of aliphatic hydroxyl groups is 1. The number of anilines is 2. The van der Waals surface area contributed by atoms with Crippen molar-refractivity contribution in [2.24, 2.45) is 0 Å². The second-order valence-electron chi connectivity index (χ2n) is 7.80. The van der Waals surface area contributed by atoms with Crippen molar-refractivity contribution < 1.29 is 32.5 Å². The maximum Gasteiger partial charge on any atom is 0.416 e. The van der Waals surface area contributed by atoms with Crippen LogP contribution in [0.1, 0.15) is 43.6 Å². The normalized spacial score (nSPS) is 12.4. The standard InChI is InChI=1S/C21H24BF3NO4/c1-19(2,28)20(3,4)30-22-16-12-13(18(27)29-5)6-11-17(16)26-15-9-7-14(8-10-15)21(23,24)25/h6-12,26,28H,1-5H3. The van der Waals surface area contributed by atoms with Gasteiger partial charge in [0, 0.05) is 11.4 Å². The number of ether oxygens (including phenoxy) is 1. The van der Waals surface area contributed by atoms with Crippen molar-refractivity contribution >= 4 is 30.3 Å². The molecule has 0 saturated heterocycles. The Morgan fingerprint density at radius 1 is 1.03 bits per heavy atom. The molecule has 5 nitrogen and oxygen atoms in total. The van der Waals surface area contributed by atoms with Gasteiger partial charge in [0.2, 0.25) is 0 Å². The summed E-state index contributed by atoms with van der Waals surface area (Å²) in [5.41, 5.74) is -1.23. The number of methoxy groups -OCH3 is 1. The zero-order valence-corrected chi connectivity index (χ0v) is 17.4. The smallest absolute Gasteiger partial charge is 0.416 e. The molecule has 2 N–H and O–H groups in total. The van der Waals surface area contributed by atoms with E-state index < -0.39 is 28.9 Å². The maximum atomic E-state index is 12.8. The van der Waals surface area contributed by atoms with E-state index in [-0.39, 0.29) is 5.56 Å². The zero-order valence-electron chi connectivity index (χ0n) is 17.4. The molecule has 161 valence electrons. The summed E-state index contributed by atoms with van der Waals surface area (Å²) in [4.78, 5) is 11.9. The predicted molar refractivity (Wildman–Crippen MR) is 109 cm³/mol. The number of nitrogens with one attached hydrogen (secondary N) is 1. The summed E-state index contributed by atoms with van der Waals surface area (Å²) in [6, 6.07) is 9.21. The Hall–Kier alpha value is -2.52. The van der Waals surface area contributed by atoms with Gasteiger partial charge >= 0.3 is 19.6 Å². The molecule has 0 fully saturated rings. The lowest BCUT2D eigenvalue weighted by atomic mass is 9.81. The number of alkyl halides is 3. The summed E-state index contributed by atoms with van der Waals surface area (Å²) >= 11 is 0. The van der Waals surface area contributed by atoms with Crippen LogP contribution >= 0.6 is 0 Å². The average molecular weight is 422 g/mol. The van der Waals surface area contributed by atoms with Crippen LogP contribution in [0, 0.1) is 0 Å². The molecule has 0 aliphatic rings. The van der Waals surface area contributed by atoms with Gasteiger partial charge in [0.05, 0.1) is 29.4 Å². The van der Waals surface area contributed by atoms with Crippen molar-refractivity contribution in [1.82, 2.24) is 0 Å². The number of esters is 1. The van der Waals surface area contributed by atoms with Crippen LogP contribution in [0.2, 0.25) is 0 Å². The minimum Gasteiger partial charge on any atom is -0.465 e. The van der Waals surface area contributed by atoms with Gasteiger partial charge in [-0.25, -0.2) is 4.79 Å². The molecular formula is C21H24BF3NO4. The number of hydrogen-bond donors (Lipinski definition) is 2. The fourth-order valence-corrected chi connectivity index (χ4v) is 2.27. The summed E-state index contributed by atoms with van der Waals surface area (Å²) in [5, 5.41) is 13.3. The highest BCUT2D eigenvalue weighted by atomic mass is 19.4. The fraction of sp³-hybridized carbons (Fsp3) is 0.381. The summed E-state index contributed by atoms with van der Waals surface area (Å²) < 4.78 is 48.8. The molecule has 0 atom stereocenters. The second kappa shape index (κ2) is 8.69. The van der Waals surface area contributed by atoms with Crippen LogP contribution in [0.4, 0.5) is 24.5 Å². The SMILES string of the molecule is COC(=O)c1ccc(Nc2ccc(C(F)(F)F)cc2)c([B]OC(C)(C)C(C)(C)O)c1. The van der Waals surface area contributed by atoms with E-state index in [0.29, 0.717) is 16.8 Å². The first-order valence-electron chi connectivity index (χ1n) is 9.14. The highest BCUT2D eigenvalue weighted by Gasteiger charge is 2.36. The molecule has 2 aromatic rings. The van der Waals surface area contributed by atoms with Crippen LogP contribution in [0.15, 0.2) is 42.5 Å². The van der Waals surface area contributed by atoms with Crippen LogP contribution in [0.3, 0.4) is 0 Å². The molecule has 0 aliphatic carbocycles. The molecule has 2 rings (SSSR count). The maximum absolute atomic E-state index is 12.8. The fourth-order valence-electron chi connectivity index (χ4n) is 2.27. The van der Waals surface area contributed by atoms with Gasteiger partial charge in [-0.2, -0.15) is 13.2 Å². The van der Waals surface area contributed by atoms with Crippen molar-refractivity contribution in [3.8, 4) is 0 Å². The molecule has 0 aromatic heterocycles. The average Bonchev–Trinajstić information content (AvgIpc) is 2.65. The van der Waals surface area contributed by atoms with Crippen molar-refractivity contribution in [1.29, 1.82) is 0 Å². The number of rotatable bonds is 7. The largest absolute Gasteiger partial charge is 0.465 e. The summed E-state index contributed by atoms with van der Waals surface area (Å²) in [6.45, 7) is 6.62. The Morgan fingerprint density at radius 2 is 1.63 bits per heavy atom. The van der Waals surface area contributed by atoms with Gasteiger partial charge in [0.1, 0.15) is 0 Å². The number of carbonyl (C=O) groups is 1. The van der Waals surface area contributed by atoms with E-state index in [1.165, 1.54) is 38.9 Å². The minimum absolute atomic E-state index is 0.270. The quantitative estimate of drug-likeness (QED) is 0.521. The molecule has 0 unspecified atom stereocenters.